The van der Waals surface area contributed by atoms with E-state index in [-0.39, 0.29) is 10.7 Å². The van der Waals surface area contributed by atoms with Gasteiger partial charge in [0.1, 0.15) is 5.75 Å². The summed E-state index contributed by atoms with van der Waals surface area (Å²) in [6.45, 7) is 11.1. The van der Waals surface area contributed by atoms with E-state index in [0.717, 1.165) is 0 Å². The van der Waals surface area contributed by atoms with E-state index >= 15 is 0 Å². The van der Waals surface area contributed by atoms with Gasteiger partial charge in [-0.15, -0.1) is 0 Å². The molecule has 0 aliphatic rings. The Labute approximate surface area is 121 Å². The largest absolute Gasteiger partial charge is 0.496 e. The Morgan fingerprint density at radius 1 is 1.30 bits per heavy atom. The number of rotatable bonds is 5. The summed E-state index contributed by atoms with van der Waals surface area (Å²) >= 11 is 0. The highest BCUT2D eigenvalue weighted by molar-refractivity contribution is 6.74. The molecule has 0 aliphatic heterocycles. The van der Waals surface area contributed by atoms with Gasteiger partial charge in [0.15, 0.2) is 8.32 Å². The molecule has 0 amide bonds. The lowest BCUT2D eigenvalue weighted by Crippen LogP contribution is -2.40. The van der Waals surface area contributed by atoms with Crippen molar-refractivity contribution in [3.63, 3.8) is 0 Å². The number of ether oxygens (including phenoxy) is 1. The summed E-state index contributed by atoms with van der Waals surface area (Å²) in [7, 11) is -0.341. The number of hydrogen-bond donors (Lipinski definition) is 0. The molecular weight excluding hydrogens is 274 g/mol. The first-order chi connectivity index (χ1) is 9.08. The number of benzene rings is 1. The molecular formula is C14H23NO4Si. The molecule has 1 aromatic rings. The lowest BCUT2D eigenvalue weighted by atomic mass is 10.2. The third-order valence-corrected chi connectivity index (χ3v) is 8.35. The molecule has 0 bridgehead atoms. The number of nitro groups is 1. The molecule has 0 spiro atoms. The van der Waals surface area contributed by atoms with Crippen LogP contribution in [0.4, 0.5) is 5.69 Å². The van der Waals surface area contributed by atoms with E-state index in [2.05, 4.69) is 33.9 Å². The van der Waals surface area contributed by atoms with Crippen LogP contribution in [0.25, 0.3) is 0 Å². The van der Waals surface area contributed by atoms with Gasteiger partial charge in [0.25, 0.3) is 5.69 Å². The molecule has 0 saturated heterocycles. The van der Waals surface area contributed by atoms with Crippen LogP contribution >= 0.6 is 0 Å². The van der Waals surface area contributed by atoms with Crippen LogP contribution < -0.4 is 4.74 Å². The van der Waals surface area contributed by atoms with Crippen molar-refractivity contribution >= 4 is 14.0 Å². The lowest BCUT2D eigenvalue weighted by Gasteiger charge is -2.36. The van der Waals surface area contributed by atoms with Gasteiger partial charge in [-0.05, 0) is 24.2 Å². The minimum absolute atomic E-state index is 0.0552. The van der Waals surface area contributed by atoms with Gasteiger partial charge in [-0.2, -0.15) is 0 Å². The maximum atomic E-state index is 10.8. The van der Waals surface area contributed by atoms with Crippen LogP contribution in [0.2, 0.25) is 18.1 Å². The van der Waals surface area contributed by atoms with Gasteiger partial charge in [0.2, 0.25) is 0 Å². The Hall–Kier alpha value is -1.40. The summed E-state index contributed by atoms with van der Waals surface area (Å²) in [4.78, 5) is 10.4. The molecule has 6 heteroatoms. The van der Waals surface area contributed by atoms with E-state index < -0.39 is 13.2 Å². The molecule has 0 aliphatic carbocycles. The van der Waals surface area contributed by atoms with Crippen molar-refractivity contribution in [1.29, 1.82) is 0 Å². The van der Waals surface area contributed by atoms with Crippen LogP contribution in [-0.2, 0) is 11.0 Å². The molecule has 0 unspecified atom stereocenters. The second kappa shape index (κ2) is 5.93. The van der Waals surface area contributed by atoms with E-state index in [4.69, 9.17) is 9.16 Å². The first-order valence-electron chi connectivity index (χ1n) is 6.54. The zero-order valence-corrected chi connectivity index (χ0v) is 14.0. The number of hydrogen-bond acceptors (Lipinski definition) is 4. The Kier molecular flexibility index (Phi) is 4.93. The van der Waals surface area contributed by atoms with Crippen molar-refractivity contribution in [3.05, 3.63) is 33.9 Å². The first-order valence-corrected chi connectivity index (χ1v) is 9.44. The summed E-state index contributed by atoms with van der Waals surface area (Å²) < 4.78 is 11.3. The molecule has 112 valence electrons. The predicted octanol–water partition coefficient (Wildman–Crippen LogP) is 4.13. The number of nitro benzene ring substituents is 1. The summed E-state index contributed by atoms with van der Waals surface area (Å²) in [5.74, 6) is 0.620. The highest BCUT2D eigenvalue weighted by Gasteiger charge is 2.37. The van der Waals surface area contributed by atoms with Crippen LogP contribution in [0.3, 0.4) is 0 Å². The van der Waals surface area contributed by atoms with Gasteiger partial charge in [-0.3, -0.25) is 10.1 Å². The molecule has 1 rings (SSSR count). The summed E-state index contributed by atoms with van der Waals surface area (Å²) in [6.07, 6.45) is 0. The van der Waals surface area contributed by atoms with Crippen molar-refractivity contribution in [1.82, 2.24) is 0 Å². The van der Waals surface area contributed by atoms with E-state index in [0.29, 0.717) is 17.9 Å². The molecule has 0 aromatic heterocycles. The summed E-state index contributed by atoms with van der Waals surface area (Å²) in [6, 6.07) is 4.57. The van der Waals surface area contributed by atoms with Crippen LogP contribution in [0.5, 0.6) is 5.75 Å². The van der Waals surface area contributed by atoms with E-state index in [1.165, 1.54) is 12.1 Å². The Bertz CT molecular complexity index is 494. The monoisotopic (exact) mass is 297 g/mol. The number of methoxy groups -OCH3 is 1. The normalized spacial score (nSPS) is 12.3. The fraction of sp³-hybridized carbons (Fsp3) is 0.571. The Morgan fingerprint density at radius 2 is 1.90 bits per heavy atom. The van der Waals surface area contributed by atoms with Gasteiger partial charge in [0.05, 0.1) is 18.6 Å². The zero-order chi connectivity index (χ0) is 15.6. The number of non-ortho nitro benzene ring substituents is 1. The molecule has 0 N–H and O–H groups in total. The fourth-order valence-electron chi connectivity index (χ4n) is 1.47. The van der Waals surface area contributed by atoms with Crippen molar-refractivity contribution in [2.75, 3.05) is 7.11 Å². The minimum atomic E-state index is -1.89. The van der Waals surface area contributed by atoms with Gasteiger partial charge in [-0.25, -0.2) is 0 Å². The second-order valence-corrected chi connectivity index (χ2v) is 11.1. The van der Waals surface area contributed by atoms with Gasteiger partial charge in [0, 0.05) is 17.7 Å². The van der Waals surface area contributed by atoms with Crippen molar-refractivity contribution in [2.24, 2.45) is 0 Å². The molecule has 20 heavy (non-hydrogen) atoms. The molecule has 0 radical (unpaired) electrons. The first kappa shape index (κ1) is 16.7. The molecule has 0 saturated carbocycles. The van der Waals surface area contributed by atoms with Gasteiger partial charge < -0.3 is 9.16 Å². The zero-order valence-electron chi connectivity index (χ0n) is 13.0. The highest BCUT2D eigenvalue weighted by atomic mass is 28.4. The van der Waals surface area contributed by atoms with E-state index in [1.807, 2.05) is 0 Å². The predicted molar refractivity (Wildman–Crippen MR) is 81.6 cm³/mol. The Balaban J connectivity index is 2.97. The minimum Gasteiger partial charge on any atom is -0.496 e. The fourth-order valence-corrected chi connectivity index (χ4v) is 2.42. The maximum absolute atomic E-state index is 10.8. The van der Waals surface area contributed by atoms with Crippen molar-refractivity contribution in [2.45, 2.75) is 45.5 Å². The van der Waals surface area contributed by atoms with Gasteiger partial charge >= 0.3 is 0 Å². The molecule has 0 atom stereocenters. The topological polar surface area (TPSA) is 61.6 Å². The Morgan fingerprint density at radius 3 is 2.35 bits per heavy atom. The standard InChI is InChI=1S/C14H23NO4Si/c1-14(2,3)20(5,6)19-10-11-9-12(15(16)17)7-8-13(11)18-4/h7-9H,10H2,1-6H3. The second-order valence-electron chi connectivity index (χ2n) is 6.30. The smallest absolute Gasteiger partial charge is 0.270 e. The van der Waals surface area contributed by atoms with E-state index in [1.54, 1.807) is 13.2 Å². The van der Waals surface area contributed by atoms with Gasteiger partial charge in [-0.1, -0.05) is 20.8 Å². The van der Waals surface area contributed by atoms with Crippen LogP contribution in [0.15, 0.2) is 18.2 Å². The molecule has 0 fully saturated rings. The van der Waals surface area contributed by atoms with Crippen molar-refractivity contribution in [3.8, 4) is 5.75 Å². The highest BCUT2D eigenvalue weighted by Crippen LogP contribution is 2.37. The third-order valence-electron chi connectivity index (χ3n) is 3.87. The van der Waals surface area contributed by atoms with Crippen LogP contribution in [0.1, 0.15) is 26.3 Å². The molecule has 0 heterocycles. The average Bonchev–Trinajstić information content (AvgIpc) is 2.34. The lowest BCUT2D eigenvalue weighted by molar-refractivity contribution is -0.385. The van der Waals surface area contributed by atoms with Crippen molar-refractivity contribution < 1.29 is 14.1 Å². The number of nitrogens with zero attached hydrogens (tertiary/aromatic N) is 1. The van der Waals surface area contributed by atoms with Crippen LogP contribution in [-0.4, -0.2) is 20.4 Å². The van der Waals surface area contributed by atoms with Crippen LogP contribution in [0, 0.1) is 10.1 Å². The summed E-state index contributed by atoms with van der Waals surface area (Å²) in [5.41, 5.74) is 0.770. The SMILES string of the molecule is COc1ccc([N+](=O)[O-])cc1CO[Si](C)(C)C(C)(C)C. The average molecular weight is 297 g/mol. The maximum Gasteiger partial charge on any atom is 0.270 e. The molecule has 1 aromatic carbocycles. The molecule has 5 nitrogen and oxygen atoms in total. The summed E-state index contributed by atoms with van der Waals surface area (Å²) in [5, 5.41) is 10.9. The van der Waals surface area contributed by atoms with E-state index in [9.17, 15) is 10.1 Å². The quantitative estimate of drug-likeness (QED) is 0.466. The third kappa shape index (κ3) is 3.80.